The van der Waals surface area contributed by atoms with Crippen molar-refractivity contribution in [1.29, 1.82) is 0 Å². The SMILES string of the molecule is CCCNCc1cccc(CN2CCCC(CC)CC2)c1. The van der Waals surface area contributed by atoms with Crippen LogP contribution in [0, 0.1) is 5.92 Å². The number of hydrogen-bond donors (Lipinski definition) is 1. The van der Waals surface area contributed by atoms with Gasteiger partial charge in [-0.05, 0) is 62.4 Å². The van der Waals surface area contributed by atoms with Crippen LogP contribution in [0.3, 0.4) is 0 Å². The molecule has 2 rings (SSSR count). The van der Waals surface area contributed by atoms with E-state index in [0.717, 1.165) is 25.6 Å². The van der Waals surface area contributed by atoms with E-state index in [1.54, 1.807) is 0 Å². The summed E-state index contributed by atoms with van der Waals surface area (Å²) in [5.41, 5.74) is 2.89. The van der Waals surface area contributed by atoms with Gasteiger partial charge < -0.3 is 5.32 Å². The third-order valence-corrected chi connectivity index (χ3v) is 4.67. The predicted octanol–water partition coefficient (Wildman–Crippen LogP) is 4.20. The van der Waals surface area contributed by atoms with Crippen molar-refractivity contribution in [3.05, 3.63) is 35.4 Å². The van der Waals surface area contributed by atoms with Crippen LogP contribution in [0.15, 0.2) is 24.3 Å². The van der Waals surface area contributed by atoms with E-state index >= 15 is 0 Å². The molecule has 0 amide bonds. The molecule has 1 N–H and O–H groups in total. The first-order valence-corrected chi connectivity index (χ1v) is 8.82. The molecule has 0 radical (unpaired) electrons. The van der Waals surface area contributed by atoms with Gasteiger partial charge in [-0.15, -0.1) is 0 Å². The zero-order valence-corrected chi connectivity index (χ0v) is 13.9. The van der Waals surface area contributed by atoms with Gasteiger partial charge in [0.1, 0.15) is 0 Å². The third-order valence-electron chi connectivity index (χ3n) is 4.67. The van der Waals surface area contributed by atoms with Gasteiger partial charge in [-0.2, -0.15) is 0 Å². The molecule has 1 aliphatic rings. The quantitative estimate of drug-likeness (QED) is 0.757. The van der Waals surface area contributed by atoms with E-state index in [2.05, 4.69) is 48.3 Å². The predicted molar refractivity (Wildman–Crippen MR) is 91.3 cm³/mol. The summed E-state index contributed by atoms with van der Waals surface area (Å²) in [7, 11) is 0. The maximum atomic E-state index is 3.49. The van der Waals surface area contributed by atoms with Gasteiger partial charge >= 0.3 is 0 Å². The highest BCUT2D eigenvalue weighted by Crippen LogP contribution is 2.21. The summed E-state index contributed by atoms with van der Waals surface area (Å²) in [5.74, 6) is 0.958. The zero-order chi connectivity index (χ0) is 14.9. The van der Waals surface area contributed by atoms with Gasteiger partial charge in [0, 0.05) is 13.1 Å². The lowest BCUT2D eigenvalue weighted by atomic mass is 9.98. The number of nitrogens with zero attached hydrogens (tertiary/aromatic N) is 1. The van der Waals surface area contributed by atoms with Crippen molar-refractivity contribution in [2.45, 2.75) is 59.0 Å². The van der Waals surface area contributed by atoms with Gasteiger partial charge in [0.05, 0.1) is 0 Å². The molecule has 0 bridgehead atoms. The Labute approximate surface area is 130 Å². The van der Waals surface area contributed by atoms with Crippen molar-refractivity contribution in [3.8, 4) is 0 Å². The lowest BCUT2D eigenvalue weighted by Crippen LogP contribution is -2.24. The summed E-state index contributed by atoms with van der Waals surface area (Å²) in [4.78, 5) is 2.65. The van der Waals surface area contributed by atoms with Gasteiger partial charge in [0.15, 0.2) is 0 Å². The molecule has 1 aromatic rings. The Hall–Kier alpha value is -0.860. The lowest BCUT2D eigenvalue weighted by Gasteiger charge is -2.20. The fourth-order valence-corrected chi connectivity index (χ4v) is 3.30. The molecule has 0 aromatic heterocycles. The Bertz CT molecular complexity index is 402. The largest absolute Gasteiger partial charge is 0.313 e. The summed E-state index contributed by atoms with van der Waals surface area (Å²) in [6.45, 7) is 10.3. The molecule has 1 aliphatic heterocycles. The second-order valence-electron chi connectivity index (χ2n) is 6.48. The van der Waals surface area contributed by atoms with Crippen molar-refractivity contribution < 1.29 is 0 Å². The summed E-state index contributed by atoms with van der Waals surface area (Å²) < 4.78 is 0. The van der Waals surface area contributed by atoms with E-state index in [9.17, 15) is 0 Å². The van der Waals surface area contributed by atoms with Gasteiger partial charge in [-0.1, -0.05) is 44.5 Å². The Morgan fingerprint density at radius 1 is 1.14 bits per heavy atom. The molecule has 21 heavy (non-hydrogen) atoms. The van der Waals surface area contributed by atoms with Gasteiger partial charge in [-0.3, -0.25) is 4.90 Å². The maximum absolute atomic E-state index is 3.49. The minimum Gasteiger partial charge on any atom is -0.313 e. The molecule has 0 aliphatic carbocycles. The van der Waals surface area contributed by atoms with Crippen molar-refractivity contribution in [2.75, 3.05) is 19.6 Å². The van der Waals surface area contributed by atoms with Gasteiger partial charge in [0.2, 0.25) is 0 Å². The first-order chi connectivity index (χ1) is 10.3. The molecular weight excluding hydrogens is 256 g/mol. The fourth-order valence-electron chi connectivity index (χ4n) is 3.30. The van der Waals surface area contributed by atoms with Crippen molar-refractivity contribution in [1.82, 2.24) is 10.2 Å². The van der Waals surface area contributed by atoms with Crippen molar-refractivity contribution in [3.63, 3.8) is 0 Å². The second kappa shape index (κ2) is 9.22. The van der Waals surface area contributed by atoms with Crippen molar-refractivity contribution in [2.24, 2.45) is 5.92 Å². The highest BCUT2D eigenvalue weighted by atomic mass is 15.1. The molecule has 0 spiro atoms. The lowest BCUT2D eigenvalue weighted by molar-refractivity contribution is 0.272. The Morgan fingerprint density at radius 2 is 2.00 bits per heavy atom. The minimum atomic E-state index is 0.958. The fraction of sp³-hybridized carbons (Fsp3) is 0.684. The standard InChI is InChI=1S/C19H32N2/c1-3-11-20-15-18-7-5-8-19(14-18)16-21-12-6-9-17(4-2)10-13-21/h5,7-8,14,17,20H,3-4,6,9-13,15-16H2,1-2H3. The Morgan fingerprint density at radius 3 is 2.81 bits per heavy atom. The average molecular weight is 288 g/mol. The molecule has 0 saturated carbocycles. The monoisotopic (exact) mass is 288 g/mol. The topological polar surface area (TPSA) is 15.3 Å². The normalized spacial score (nSPS) is 20.4. The molecule has 1 heterocycles. The van der Waals surface area contributed by atoms with Crippen LogP contribution >= 0.6 is 0 Å². The Kier molecular flexibility index (Phi) is 7.25. The molecule has 118 valence electrons. The van der Waals surface area contributed by atoms with Crippen LogP contribution in [0.2, 0.25) is 0 Å². The number of nitrogens with one attached hydrogen (secondary N) is 1. The van der Waals surface area contributed by atoms with E-state index in [1.165, 1.54) is 56.3 Å². The second-order valence-corrected chi connectivity index (χ2v) is 6.48. The first kappa shape index (κ1) is 16.5. The van der Waals surface area contributed by atoms with Crippen LogP contribution < -0.4 is 5.32 Å². The highest BCUT2D eigenvalue weighted by molar-refractivity contribution is 5.23. The molecule has 1 saturated heterocycles. The van der Waals surface area contributed by atoms with E-state index in [0.29, 0.717) is 0 Å². The van der Waals surface area contributed by atoms with Gasteiger partial charge in [-0.25, -0.2) is 0 Å². The van der Waals surface area contributed by atoms with Crippen LogP contribution in [0.5, 0.6) is 0 Å². The molecule has 1 fully saturated rings. The molecular formula is C19H32N2. The van der Waals surface area contributed by atoms with Crippen LogP contribution in [0.25, 0.3) is 0 Å². The van der Waals surface area contributed by atoms with Crippen LogP contribution in [-0.4, -0.2) is 24.5 Å². The zero-order valence-electron chi connectivity index (χ0n) is 13.9. The van der Waals surface area contributed by atoms with Crippen LogP contribution in [0.1, 0.15) is 57.1 Å². The summed E-state index contributed by atoms with van der Waals surface area (Å²) >= 11 is 0. The number of benzene rings is 1. The average Bonchev–Trinajstić information content (AvgIpc) is 2.73. The molecule has 1 atom stereocenters. The third kappa shape index (κ3) is 5.80. The number of hydrogen-bond acceptors (Lipinski definition) is 2. The molecule has 1 aromatic carbocycles. The summed E-state index contributed by atoms with van der Waals surface area (Å²) in [6, 6.07) is 9.11. The summed E-state index contributed by atoms with van der Waals surface area (Å²) in [6.07, 6.45) is 6.73. The highest BCUT2D eigenvalue weighted by Gasteiger charge is 2.15. The Balaban J connectivity index is 1.85. The molecule has 1 unspecified atom stereocenters. The summed E-state index contributed by atoms with van der Waals surface area (Å²) in [5, 5.41) is 3.49. The minimum absolute atomic E-state index is 0.958. The van der Waals surface area contributed by atoms with Crippen LogP contribution in [-0.2, 0) is 13.1 Å². The smallest absolute Gasteiger partial charge is 0.0233 e. The van der Waals surface area contributed by atoms with E-state index in [-0.39, 0.29) is 0 Å². The van der Waals surface area contributed by atoms with E-state index in [1.807, 2.05) is 0 Å². The first-order valence-electron chi connectivity index (χ1n) is 8.82. The van der Waals surface area contributed by atoms with E-state index < -0.39 is 0 Å². The molecule has 2 nitrogen and oxygen atoms in total. The van der Waals surface area contributed by atoms with Gasteiger partial charge in [0.25, 0.3) is 0 Å². The number of rotatable bonds is 7. The maximum Gasteiger partial charge on any atom is 0.0233 e. The van der Waals surface area contributed by atoms with Crippen molar-refractivity contribution >= 4 is 0 Å². The van der Waals surface area contributed by atoms with E-state index in [4.69, 9.17) is 0 Å². The van der Waals surface area contributed by atoms with Crippen LogP contribution in [0.4, 0.5) is 0 Å². The number of likely N-dealkylation sites (tertiary alicyclic amines) is 1. The molecule has 2 heteroatoms.